The zero-order valence-electron chi connectivity index (χ0n) is 9.25. The molecule has 2 rings (SSSR count). The van der Waals surface area contributed by atoms with Crippen LogP contribution in [0.25, 0.3) is 0 Å². The molecule has 0 saturated carbocycles. The monoisotopic (exact) mass is 247 g/mol. The van der Waals surface area contributed by atoms with E-state index in [0.29, 0.717) is 5.75 Å². The van der Waals surface area contributed by atoms with Gasteiger partial charge in [0.05, 0.1) is 0 Å². The number of hydrogen-bond donors (Lipinski definition) is 0. The van der Waals surface area contributed by atoms with Crippen LogP contribution in [-0.4, -0.2) is 8.76 Å². The number of aryl methyl sites for hydroxylation is 1. The van der Waals surface area contributed by atoms with Gasteiger partial charge in [0.1, 0.15) is 11.5 Å². The van der Waals surface area contributed by atoms with E-state index in [1.54, 1.807) is 12.1 Å². The second kappa shape index (κ2) is 5.12. The van der Waals surface area contributed by atoms with Crippen LogP contribution in [0.3, 0.4) is 0 Å². The summed E-state index contributed by atoms with van der Waals surface area (Å²) in [6.07, 6.45) is 0. The Morgan fingerprint density at radius 2 is 1.41 bits per heavy atom. The Bertz CT molecular complexity index is 517. The second-order valence-electron chi connectivity index (χ2n) is 3.62. The Morgan fingerprint density at radius 1 is 0.941 bits per heavy atom. The van der Waals surface area contributed by atoms with Gasteiger partial charge in [0.25, 0.3) is 0 Å². The van der Waals surface area contributed by atoms with E-state index < -0.39 is 11.1 Å². The first kappa shape index (κ1) is 11.8. The van der Waals surface area contributed by atoms with Gasteiger partial charge < -0.3 is 9.29 Å². The molecule has 0 spiro atoms. The van der Waals surface area contributed by atoms with Crippen LogP contribution < -0.4 is 4.74 Å². The summed E-state index contributed by atoms with van der Waals surface area (Å²) in [5.41, 5.74) is 1.16. The van der Waals surface area contributed by atoms with Crippen molar-refractivity contribution >= 4 is 11.1 Å². The highest BCUT2D eigenvalue weighted by molar-refractivity contribution is 7.79. The summed E-state index contributed by atoms with van der Waals surface area (Å²) in [4.78, 5) is 0.251. The standard InChI is InChI=1S/C13H12O3S/c1-10-2-4-11(5-3-10)16-12-6-8-13(9-7-12)17(14)15/h2-9H,1H3,(H,14,15)/p-1. The van der Waals surface area contributed by atoms with Gasteiger partial charge in [-0.25, -0.2) is 0 Å². The highest BCUT2D eigenvalue weighted by Crippen LogP contribution is 2.22. The molecule has 0 saturated heterocycles. The van der Waals surface area contributed by atoms with Gasteiger partial charge in [0, 0.05) is 4.90 Å². The van der Waals surface area contributed by atoms with Crippen molar-refractivity contribution < 1.29 is 13.5 Å². The van der Waals surface area contributed by atoms with Crippen LogP contribution in [0.4, 0.5) is 0 Å². The summed E-state index contributed by atoms with van der Waals surface area (Å²) in [5.74, 6) is 1.34. The summed E-state index contributed by atoms with van der Waals surface area (Å²) in [5, 5.41) is 0. The van der Waals surface area contributed by atoms with E-state index in [1.807, 2.05) is 31.2 Å². The van der Waals surface area contributed by atoms with E-state index in [9.17, 15) is 8.76 Å². The molecule has 88 valence electrons. The quantitative estimate of drug-likeness (QED) is 0.783. The Labute approximate surface area is 102 Å². The van der Waals surface area contributed by atoms with Gasteiger partial charge in [-0.05, 0) is 54.4 Å². The first-order valence-electron chi connectivity index (χ1n) is 5.09. The molecule has 1 unspecified atom stereocenters. The molecule has 0 heterocycles. The van der Waals surface area contributed by atoms with E-state index in [0.717, 1.165) is 11.3 Å². The molecule has 0 aliphatic heterocycles. The van der Waals surface area contributed by atoms with Crippen LogP contribution in [-0.2, 0) is 11.1 Å². The lowest BCUT2D eigenvalue weighted by Gasteiger charge is -2.08. The van der Waals surface area contributed by atoms with Crippen molar-refractivity contribution in [3.63, 3.8) is 0 Å². The summed E-state index contributed by atoms with van der Waals surface area (Å²) in [7, 11) is 0. The molecular formula is C13H11O3S-. The fraction of sp³-hybridized carbons (Fsp3) is 0.0769. The van der Waals surface area contributed by atoms with Gasteiger partial charge in [-0.3, -0.25) is 4.21 Å². The van der Waals surface area contributed by atoms with Gasteiger partial charge in [0.15, 0.2) is 0 Å². The molecule has 0 radical (unpaired) electrons. The molecule has 17 heavy (non-hydrogen) atoms. The lowest BCUT2D eigenvalue weighted by molar-refractivity contribution is 0.482. The molecule has 0 amide bonds. The molecule has 1 atom stereocenters. The average molecular weight is 247 g/mol. The molecule has 0 N–H and O–H groups in total. The average Bonchev–Trinajstić information content (AvgIpc) is 2.33. The van der Waals surface area contributed by atoms with E-state index in [4.69, 9.17) is 4.74 Å². The van der Waals surface area contributed by atoms with E-state index in [2.05, 4.69) is 0 Å². The minimum absolute atomic E-state index is 0.251. The zero-order valence-corrected chi connectivity index (χ0v) is 10.1. The fourth-order valence-corrected chi connectivity index (χ4v) is 1.72. The van der Waals surface area contributed by atoms with E-state index in [-0.39, 0.29) is 4.90 Å². The lowest BCUT2D eigenvalue weighted by atomic mass is 10.2. The normalized spacial score (nSPS) is 12.1. The Morgan fingerprint density at radius 3 is 1.88 bits per heavy atom. The fourth-order valence-electron chi connectivity index (χ4n) is 1.36. The van der Waals surface area contributed by atoms with Crippen molar-refractivity contribution in [1.82, 2.24) is 0 Å². The topological polar surface area (TPSA) is 49.4 Å². The highest BCUT2D eigenvalue weighted by Gasteiger charge is 1.98. The minimum Gasteiger partial charge on any atom is -0.768 e. The molecule has 2 aromatic rings. The smallest absolute Gasteiger partial charge is 0.127 e. The molecule has 4 heteroatoms. The van der Waals surface area contributed by atoms with Crippen molar-refractivity contribution in [2.75, 3.05) is 0 Å². The Kier molecular flexibility index (Phi) is 3.56. The van der Waals surface area contributed by atoms with Crippen molar-refractivity contribution in [3.05, 3.63) is 54.1 Å². The Balaban J connectivity index is 2.13. The predicted octanol–water partition coefficient (Wildman–Crippen LogP) is 3.03. The van der Waals surface area contributed by atoms with Crippen LogP contribution in [0, 0.1) is 6.92 Å². The van der Waals surface area contributed by atoms with Gasteiger partial charge >= 0.3 is 0 Å². The lowest BCUT2D eigenvalue weighted by Crippen LogP contribution is -1.89. The third-order valence-corrected chi connectivity index (χ3v) is 2.93. The maximum absolute atomic E-state index is 10.7. The predicted molar refractivity (Wildman–Crippen MR) is 64.9 cm³/mol. The number of hydrogen-bond acceptors (Lipinski definition) is 3. The number of benzene rings is 2. The van der Waals surface area contributed by atoms with Crippen LogP contribution >= 0.6 is 0 Å². The van der Waals surface area contributed by atoms with Crippen LogP contribution in [0.15, 0.2) is 53.4 Å². The van der Waals surface area contributed by atoms with Crippen molar-refractivity contribution in [3.8, 4) is 11.5 Å². The van der Waals surface area contributed by atoms with Gasteiger partial charge in [-0.1, -0.05) is 17.7 Å². The summed E-state index contributed by atoms with van der Waals surface area (Å²) >= 11 is -2.19. The first-order valence-corrected chi connectivity index (χ1v) is 6.16. The molecule has 0 bridgehead atoms. The molecule has 0 aliphatic rings. The maximum Gasteiger partial charge on any atom is 0.127 e. The SMILES string of the molecule is Cc1ccc(Oc2ccc(S(=O)[O-])cc2)cc1. The highest BCUT2D eigenvalue weighted by atomic mass is 32.2. The zero-order chi connectivity index (χ0) is 12.3. The number of ether oxygens (including phenoxy) is 1. The van der Waals surface area contributed by atoms with E-state index >= 15 is 0 Å². The van der Waals surface area contributed by atoms with E-state index in [1.165, 1.54) is 12.1 Å². The van der Waals surface area contributed by atoms with Crippen molar-refractivity contribution in [2.24, 2.45) is 0 Å². The first-order chi connectivity index (χ1) is 8.15. The third kappa shape index (κ3) is 3.15. The van der Waals surface area contributed by atoms with Crippen LogP contribution in [0.5, 0.6) is 11.5 Å². The Hall–Kier alpha value is -1.65. The van der Waals surface area contributed by atoms with Gasteiger partial charge in [-0.15, -0.1) is 0 Å². The van der Waals surface area contributed by atoms with Crippen LogP contribution in [0.2, 0.25) is 0 Å². The summed E-state index contributed by atoms with van der Waals surface area (Å²) in [6, 6.07) is 13.9. The van der Waals surface area contributed by atoms with Crippen molar-refractivity contribution in [1.29, 1.82) is 0 Å². The van der Waals surface area contributed by atoms with Crippen LogP contribution in [0.1, 0.15) is 5.56 Å². The number of rotatable bonds is 3. The maximum atomic E-state index is 10.7. The minimum atomic E-state index is -2.19. The molecule has 0 aliphatic carbocycles. The molecule has 2 aromatic carbocycles. The summed E-state index contributed by atoms with van der Waals surface area (Å²) in [6.45, 7) is 2.00. The molecule has 0 aromatic heterocycles. The van der Waals surface area contributed by atoms with Gasteiger partial charge in [0.2, 0.25) is 0 Å². The third-order valence-electron chi connectivity index (χ3n) is 2.27. The van der Waals surface area contributed by atoms with Crippen molar-refractivity contribution in [2.45, 2.75) is 11.8 Å². The molecule has 0 fully saturated rings. The summed E-state index contributed by atoms with van der Waals surface area (Å²) < 4.78 is 26.9. The van der Waals surface area contributed by atoms with Gasteiger partial charge in [-0.2, -0.15) is 0 Å². The second-order valence-corrected chi connectivity index (χ2v) is 4.56. The largest absolute Gasteiger partial charge is 0.768 e. The molecule has 3 nitrogen and oxygen atoms in total. The molecular weight excluding hydrogens is 236 g/mol.